The van der Waals surface area contributed by atoms with Gasteiger partial charge in [0.25, 0.3) is 0 Å². The zero-order valence-corrected chi connectivity index (χ0v) is 16.6. The highest BCUT2D eigenvalue weighted by Crippen LogP contribution is 2.34. The molecule has 4 heteroatoms. The Hall–Kier alpha value is -2.40. The Bertz CT molecular complexity index is 1130. The SMILES string of the molecule is Cn1c2ccccc2c2c3ccc(CCCNC(C)(CO)CO)cc3ccc21. The normalized spacial score (nSPS) is 12.4. The molecule has 0 bridgehead atoms. The summed E-state index contributed by atoms with van der Waals surface area (Å²) < 4.78 is 2.27. The molecule has 0 aliphatic heterocycles. The molecule has 0 radical (unpaired) electrons. The summed E-state index contributed by atoms with van der Waals surface area (Å²) in [5, 5.41) is 27.2. The zero-order valence-electron chi connectivity index (χ0n) is 16.6. The van der Waals surface area contributed by atoms with Gasteiger partial charge in [0.05, 0.1) is 18.8 Å². The summed E-state index contributed by atoms with van der Waals surface area (Å²) in [6.07, 6.45) is 1.92. The van der Waals surface area contributed by atoms with Crippen LogP contribution in [-0.4, -0.2) is 40.1 Å². The Kier molecular flexibility index (Phi) is 5.11. The molecule has 146 valence electrons. The van der Waals surface area contributed by atoms with Crippen LogP contribution >= 0.6 is 0 Å². The molecule has 0 saturated heterocycles. The predicted molar refractivity (Wildman–Crippen MR) is 117 cm³/mol. The quantitative estimate of drug-likeness (QED) is 0.431. The van der Waals surface area contributed by atoms with E-state index in [1.807, 2.05) is 6.92 Å². The highest BCUT2D eigenvalue weighted by molar-refractivity contribution is 6.20. The fourth-order valence-corrected chi connectivity index (χ4v) is 4.04. The molecule has 4 nitrogen and oxygen atoms in total. The first-order valence-electron chi connectivity index (χ1n) is 9.92. The van der Waals surface area contributed by atoms with Crippen LogP contribution in [0.1, 0.15) is 18.9 Å². The summed E-state index contributed by atoms with van der Waals surface area (Å²) in [4.78, 5) is 0. The van der Waals surface area contributed by atoms with Crippen molar-refractivity contribution in [2.24, 2.45) is 7.05 Å². The fraction of sp³-hybridized carbons (Fsp3) is 0.333. The Labute approximate surface area is 165 Å². The number of aromatic nitrogens is 1. The van der Waals surface area contributed by atoms with Gasteiger partial charge in [-0.1, -0.05) is 42.5 Å². The van der Waals surface area contributed by atoms with E-state index in [1.54, 1.807) is 0 Å². The topological polar surface area (TPSA) is 57.4 Å². The number of para-hydroxylation sites is 1. The minimum Gasteiger partial charge on any atom is -0.394 e. The lowest BCUT2D eigenvalue weighted by atomic mass is 9.99. The molecule has 28 heavy (non-hydrogen) atoms. The van der Waals surface area contributed by atoms with Gasteiger partial charge in [0.1, 0.15) is 0 Å². The number of benzene rings is 3. The van der Waals surface area contributed by atoms with E-state index in [4.69, 9.17) is 0 Å². The molecule has 0 amide bonds. The van der Waals surface area contributed by atoms with Crippen molar-refractivity contribution in [2.45, 2.75) is 25.3 Å². The average molecular weight is 377 g/mol. The first-order valence-corrected chi connectivity index (χ1v) is 9.92. The number of hydrogen-bond acceptors (Lipinski definition) is 3. The molecular weight excluding hydrogens is 348 g/mol. The first kappa shape index (κ1) is 18.9. The van der Waals surface area contributed by atoms with E-state index in [1.165, 1.54) is 38.1 Å². The Balaban J connectivity index is 1.60. The fourth-order valence-electron chi connectivity index (χ4n) is 4.04. The molecule has 0 aliphatic rings. The number of aliphatic hydroxyl groups excluding tert-OH is 2. The minimum absolute atomic E-state index is 0.0689. The number of hydrogen-bond donors (Lipinski definition) is 3. The van der Waals surface area contributed by atoms with Crippen LogP contribution in [0.15, 0.2) is 54.6 Å². The molecule has 0 spiro atoms. The average Bonchev–Trinajstić information content (AvgIpc) is 3.03. The lowest BCUT2D eigenvalue weighted by Gasteiger charge is -2.26. The summed E-state index contributed by atoms with van der Waals surface area (Å²) >= 11 is 0. The summed E-state index contributed by atoms with van der Waals surface area (Å²) in [6, 6.07) is 19.8. The van der Waals surface area contributed by atoms with E-state index in [9.17, 15) is 10.2 Å². The maximum absolute atomic E-state index is 9.36. The van der Waals surface area contributed by atoms with Crippen molar-refractivity contribution in [3.63, 3.8) is 0 Å². The Morgan fingerprint density at radius 1 is 0.929 bits per heavy atom. The zero-order chi connectivity index (χ0) is 19.7. The number of nitrogens with zero attached hydrogens (tertiary/aromatic N) is 1. The smallest absolute Gasteiger partial charge is 0.0633 e. The van der Waals surface area contributed by atoms with Gasteiger partial charge in [0, 0.05) is 28.9 Å². The second-order valence-corrected chi connectivity index (χ2v) is 8.00. The van der Waals surface area contributed by atoms with Crippen molar-refractivity contribution in [3.05, 3.63) is 60.2 Å². The number of aryl methyl sites for hydroxylation is 2. The molecule has 4 rings (SSSR count). The highest BCUT2D eigenvalue weighted by Gasteiger charge is 2.20. The predicted octanol–water partition coefficient (Wildman–Crippen LogP) is 3.75. The number of aliphatic hydroxyl groups is 2. The van der Waals surface area contributed by atoms with Gasteiger partial charge >= 0.3 is 0 Å². The highest BCUT2D eigenvalue weighted by atomic mass is 16.3. The van der Waals surface area contributed by atoms with Crippen molar-refractivity contribution < 1.29 is 10.2 Å². The lowest BCUT2D eigenvalue weighted by molar-refractivity contribution is 0.104. The van der Waals surface area contributed by atoms with E-state index >= 15 is 0 Å². The van der Waals surface area contributed by atoms with Crippen molar-refractivity contribution in [3.8, 4) is 0 Å². The summed E-state index contributed by atoms with van der Waals surface area (Å²) in [6.45, 7) is 2.46. The van der Waals surface area contributed by atoms with Gasteiger partial charge in [0.2, 0.25) is 0 Å². The van der Waals surface area contributed by atoms with Gasteiger partial charge in [0.15, 0.2) is 0 Å². The van der Waals surface area contributed by atoms with Crippen molar-refractivity contribution in [1.82, 2.24) is 9.88 Å². The number of rotatable bonds is 7. The van der Waals surface area contributed by atoms with E-state index < -0.39 is 5.54 Å². The molecule has 0 fully saturated rings. The summed E-state index contributed by atoms with van der Waals surface area (Å²) in [7, 11) is 2.13. The third-order valence-electron chi connectivity index (χ3n) is 5.85. The van der Waals surface area contributed by atoms with Crippen LogP contribution in [0.3, 0.4) is 0 Å². The van der Waals surface area contributed by atoms with Crippen LogP contribution < -0.4 is 5.32 Å². The summed E-state index contributed by atoms with van der Waals surface area (Å²) in [5.41, 5.74) is 3.22. The Morgan fingerprint density at radius 2 is 1.71 bits per heavy atom. The minimum atomic E-state index is -0.608. The van der Waals surface area contributed by atoms with Crippen LogP contribution in [0.5, 0.6) is 0 Å². The van der Waals surface area contributed by atoms with Crippen LogP contribution in [-0.2, 0) is 13.5 Å². The standard InChI is InChI=1S/C24H28N2O2/c1-24(15-27,16-28)25-13-5-6-17-9-11-19-18(14-17)10-12-22-23(19)20-7-3-4-8-21(20)26(22)2/h3-4,7-12,14,25,27-28H,5-6,13,15-16H2,1-2H3. The molecule has 4 aromatic rings. The maximum Gasteiger partial charge on any atom is 0.0633 e. The third-order valence-corrected chi connectivity index (χ3v) is 5.85. The molecular formula is C24H28N2O2. The van der Waals surface area contributed by atoms with Gasteiger partial charge in [-0.15, -0.1) is 0 Å². The van der Waals surface area contributed by atoms with Gasteiger partial charge in [-0.3, -0.25) is 0 Å². The monoisotopic (exact) mass is 376 g/mol. The molecule has 0 saturated carbocycles. The largest absolute Gasteiger partial charge is 0.394 e. The van der Waals surface area contributed by atoms with E-state index in [0.29, 0.717) is 0 Å². The van der Waals surface area contributed by atoms with Crippen molar-refractivity contribution in [1.29, 1.82) is 0 Å². The van der Waals surface area contributed by atoms with Crippen LogP contribution in [0.4, 0.5) is 0 Å². The van der Waals surface area contributed by atoms with E-state index in [-0.39, 0.29) is 13.2 Å². The molecule has 3 N–H and O–H groups in total. The summed E-state index contributed by atoms with van der Waals surface area (Å²) in [5.74, 6) is 0. The lowest BCUT2D eigenvalue weighted by Crippen LogP contribution is -2.49. The third kappa shape index (κ3) is 3.28. The van der Waals surface area contributed by atoms with Gasteiger partial charge in [-0.25, -0.2) is 0 Å². The molecule has 0 aliphatic carbocycles. The Morgan fingerprint density at radius 3 is 2.50 bits per heavy atom. The molecule has 1 aromatic heterocycles. The van der Waals surface area contributed by atoms with Gasteiger partial charge in [-0.2, -0.15) is 0 Å². The van der Waals surface area contributed by atoms with Crippen LogP contribution in [0.2, 0.25) is 0 Å². The number of nitrogens with one attached hydrogen (secondary N) is 1. The number of fused-ring (bicyclic) bond motifs is 5. The molecule has 1 heterocycles. The van der Waals surface area contributed by atoms with Crippen LogP contribution in [0.25, 0.3) is 32.6 Å². The van der Waals surface area contributed by atoms with E-state index in [2.05, 4.69) is 71.5 Å². The van der Waals surface area contributed by atoms with E-state index in [0.717, 1.165) is 19.4 Å². The molecule has 3 aromatic carbocycles. The van der Waals surface area contributed by atoms with Crippen LogP contribution in [0, 0.1) is 0 Å². The van der Waals surface area contributed by atoms with Gasteiger partial charge < -0.3 is 20.1 Å². The second-order valence-electron chi connectivity index (χ2n) is 8.00. The van der Waals surface area contributed by atoms with Gasteiger partial charge in [-0.05, 0) is 54.8 Å². The maximum atomic E-state index is 9.36. The van der Waals surface area contributed by atoms with Crippen molar-refractivity contribution >= 4 is 32.6 Å². The molecule has 0 unspecified atom stereocenters. The molecule has 0 atom stereocenters. The van der Waals surface area contributed by atoms with Crippen molar-refractivity contribution in [2.75, 3.05) is 19.8 Å². The second kappa shape index (κ2) is 7.55. The first-order chi connectivity index (χ1) is 13.6.